The van der Waals surface area contributed by atoms with E-state index in [0.29, 0.717) is 0 Å². The molecular formula is C13H6F5N3O. The maximum Gasteiger partial charge on any atom is 0.416 e. The van der Waals surface area contributed by atoms with Gasteiger partial charge in [-0.15, -0.1) is 0 Å². The fraction of sp³-hybridized carbons (Fsp3) is 0.0769. The monoisotopic (exact) mass is 315 g/mol. The van der Waals surface area contributed by atoms with E-state index < -0.39 is 29.1 Å². The lowest BCUT2D eigenvalue weighted by Crippen LogP contribution is -2.07. The SMILES string of the molecule is [N-]=[N+]=Nc1cccc(Oc2c(F)cc(C(F)(F)F)cc2F)c1. The van der Waals surface area contributed by atoms with Crippen LogP contribution in [-0.2, 0) is 6.18 Å². The maximum absolute atomic E-state index is 13.6. The van der Waals surface area contributed by atoms with Gasteiger partial charge in [-0.3, -0.25) is 0 Å². The van der Waals surface area contributed by atoms with Crippen molar-refractivity contribution in [2.75, 3.05) is 0 Å². The summed E-state index contributed by atoms with van der Waals surface area (Å²) in [6.07, 6.45) is -4.87. The van der Waals surface area contributed by atoms with E-state index in [-0.39, 0.29) is 23.6 Å². The highest BCUT2D eigenvalue weighted by Crippen LogP contribution is 2.36. The predicted octanol–water partition coefficient (Wildman–Crippen LogP) is 5.72. The molecule has 2 aromatic carbocycles. The van der Waals surface area contributed by atoms with Crippen LogP contribution in [0.4, 0.5) is 27.6 Å². The van der Waals surface area contributed by atoms with Crippen LogP contribution in [0.3, 0.4) is 0 Å². The number of azide groups is 1. The molecule has 0 amide bonds. The first-order valence-electron chi connectivity index (χ1n) is 5.70. The molecule has 0 aliphatic heterocycles. The second-order valence-electron chi connectivity index (χ2n) is 4.06. The molecule has 0 aliphatic rings. The number of hydrogen-bond donors (Lipinski definition) is 0. The van der Waals surface area contributed by atoms with Crippen LogP contribution in [0.25, 0.3) is 10.4 Å². The molecule has 0 fully saturated rings. The second-order valence-corrected chi connectivity index (χ2v) is 4.06. The summed E-state index contributed by atoms with van der Waals surface area (Å²) in [6.45, 7) is 0. The first kappa shape index (κ1) is 15.6. The Balaban J connectivity index is 2.38. The van der Waals surface area contributed by atoms with E-state index in [1.807, 2.05) is 0 Å². The third-order valence-electron chi connectivity index (χ3n) is 2.52. The van der Waals surface area contributed by atoms with Crippen molar-refractivity contribution in [2.24, 2.45) is 5.11 Å². The standard InChI is InChI=1S/C13H6F5N3O/c14-10-4-7(13(16,17)18)5-11(15)12(10)22-9-3-1-2-8(6-9)20-21-19/h1-6H. The highest BCUT2D eigenvalue weighted by atomic mass is 19.4. The quantitative estimate of drug-likeness (QED) is 0.309. The Morgan fingerprint density at radius 2 is 1.68 bits per heavy atom. The van der Waals surface area contributed by atoms with Crippen molar-refractivity contribution >= 4 is 5.69 Å². The Hall–Kier alpha value is -2.80. The summed E-state index contributed by atoms with van der Waals surface area (Å²) < 4.78 is 69.4. The topological polar surface area (TPSA) is 58.0 Å². The minimum atomic E-state index is -4.87. The largest absolute Gasteiger partial charge is 0.451 e. The lowest BCUT2D eigenvalue weighted by atomic mass is 10.2. The molecule has 114 valence electrons. The van der Waals surface area contributed by atoms with E-state index in [0.717, 1.165) is 0 Å². The summed E-state index contributed by atoms with van der Waals surface area (Å²) in [6, 6.07) is 5.54. The van der Waals surface area contributed by atoms with Gasteiger partial charge in [0.05, 0.1) is 5.56 Å². The van der Waals surface area contributed by atoms with Gasteiger partial charge >= 0.3 is 6.18 Å². The number of hydrogen-bond acceptors (Lipinski definition) is 2. The molecular weight excluding hydrogens is 309 g/mol. The number of rotatable bonds is 3. The minimum Gasteiger partial charge on any atom is -0.451 e. The lowest BCUT2D eigenvalue weighted by Gasteiger charge is -2.11. The molecule has 22 heavy (non-hydrogen) atoms. The molecule has 0 spiro atoms. The summed E-state index contributed by atoms with van der Waals surface area (Å²) in [7, 11) is 0. The van der Waals surface area contributed by atoms with Crippen LogP contribution in [0, 0.1) is 11.6 Å². The molecule has 2 aromatic rings. The number of benzene rings is 2. The maximum atomic E-state index is 13.6. The van der Waals surface area contributed by atoms with E-state index >= 15 is 0 Å². The number of halogens is 5. The number of alkyl halides is 3. The highest BCUT2D eigenvalue weighted by Gasteiger charge is 2.33. The molecule has 0 aromatic heterocycles. The zero-order valence-electron chi connectivity index (χ0n) is 10.6. The summed E-state index contributed by atoms with van der Waals surface area (Å²) in [5, 5.41) is 3.26. The van der Waals surface area contributed by atoms with Crippen molar-refractivity contribution in [1.29, 1.82) is 0 Å². The number of nitrogens with zero attached hydrogens (tertiary/aromatic N) is 3. The Morgan fingerprint density at radius 1 is 1.05 bits per heavy atom. The van der Waals surface area contributed by atoms with Gasteiger partial charge in [-0.2, -0.15) is 13.2 Å². The molecule has 9 heteroatoms. The number of ether oxygens (including phenoxy) is 1. The van der Waals surface area contributed by atoms with Gasteiger partial charge in [0.1, 0.15) is 5.75 Å². The normalized spacial score (nSPS) is 11.0. The fourth-order valence-electron chi connectivity index (χ4n) is 1.60. The van der Waals surface area contributed by atoms with E-state index in [9.17, 15) is 22.0 Å². The minimum absolute atomic E-state index is 0.0949. The van der Waals surface area contributed by atoms with Gasteiger partial charge < -0.3 is 4.74 Å². The average molecular weight is 315 g/mol. The third-order valence-corrected chi connectivity index (χ3v) is 2.52. The molecule has 0 bridgehead atoms. The Morgan fingerprint density at radius 3 is 2.23 bits per heavy atom. The van der Waals surface area contributed by atoms with Crippen molar-refractivity contribution < 1.29 is 26.7 Å². The second kappa shape index (κ2) is 5.90. The van der Waals surface area contributed by atoms with E-state index in [4.69, 9.17) is 10.3 Å². The van der Waals surface area contributed by atoms with E-state index in [1.54, 1.807) is 0 Å². The fourth-order valence-corrected chi connectivity index (χ4v) is 1.60. The van der Waals surface area contributed by atoms with E-state index in [1.165, 1.54) is 24.3 Å². The van der Waals surface area contributed by atoms with Gasteiger partial charge in [-0.1, -0.05) is 17.2 Å². The Bertz CT molecular complexity index is 731. The Kier molecular flexibility index (Phi) is 4.18. The summed E-state index contributed by atoms with van der Waals surface area (Å²) in [5.41, 5.74) is 6.94. The van der Waals surface area contributed by atoms with Crippen LogP contribution in [-0.4, -0.2) is 0 Å². The van der Waals surface area contributed by atoms with Crippen molar-refractivity contribution in [3.8, 4) is 11.5 Å². The molecule has 2 rings (SSSR count). The van der Waals surface area contributed by atoms with Gasteiger partial charge in [-0.25, -0.2) is 8.78 Å². The first-order chi connectivity index (χ1) is 10.3. The van der Waals surface area contributed by atoms with Gasteiger partial charge in [0.15, 0.2) is 17.4 Å². The molecule has 0 radical (unpaired) electrons. The van der Waals surface area contributed by atoms with Crippen LogP contribution in [0.5, 0.6) is 11.5 Å². The third kappa shape index (κ3) is 3.44. The van der Waals surface area contributed by atoms with Crippen LogP contribution in [0.1, 0.15) is 5.56 Å². The summed E-state index contributed by atoms with van der Waals surface area (Å²) in [5.74, 6) is -4.07. The zero-order valence-corrected chi connectivity index (χ0v) is 10.6. The molecule has 0 heterocycles. The average Bonchev–Trinajstić information content (AvgIpc) is 2.42. The van der Waals surface area contributed by atoms with Crippen LogP contribution < -0.4 is 4.74 Å². The lowest BCUT2D eigenvalue weighted by molar-refractivity contribution is -0.138. The van der Waals surface area contributed by atoms with Crippen LogP contribution in [0.15, 0.2) is 41.5 Å². The van der Waals surface area contributed by atoms with Gasteiger partial charge in [0, 0.05) is 10.6 Å². The molecule has 0 saturated carbocycles. The Labute approximate surface area is 120 Å². The van der Waals surface area contributed by atoms with Crippen LogP contribution >= 0.6 is 0 Å². The molecule has 0 unspecified atom stereocenters. The van der Waals surface area contributed by atoms with Gasteiger partial charge in [0.25, 0.3) is 0 Å². The highest BCUT2D eigenvalue weighted by molar-refractivity contribution is 5.45. The smallest absolute Gasteiger partial charge is 0.416 e. The van der Waals surface area contributed by atoms with Crippen molar-refractivity contribution in [3.63, 3.8) is 0 Å². The molecule has 0 N–H and O–H groups in total. The predicted molar refractivity (Wildman–Crippen MR) is 66.7 cm³/mol. The summed E-state index contributed by atoms with van der Waals surface area (Å²) in [4.78, 5) is 2.52. The van der Waals surface area contributed by atoms with Gasteiger partial charge in [-0.05, 0) is 29.8 Å². The molecule has 4 nitrogen and oxygen atoms in total. The van der Waals surface area contributed by atoms with Gasteiger partial charge in [0.2, 0.25) is 0 Å². The molecule has 0 atom stereocenters. The van der Waals surface area contributed by atoms with E-state index in [2.05, 4.69) is 10.0 Å². The van der Waals surface area contributed by atoms with Crippen molar-refractivity contribution in [2.45, 2.75) is 6.18 Å². The van der Waals surface area contributed by atoms with Crippen molar-refractivity contribution in [1.82, 2.24) is 0 Å². The molecule has 0 saturated heterocycles. The molecule has 0 aliphatic carbocycles. The first-order valence-corrected chi connectivity index (χ1v) is 5.70. The van der Waals surface area contributed by atoms with Crippen LogP contribution in [0.2, 0.25) is 0 Å². The van der Waals surface area contributed by atoms with Crippen molar-refractivity contribution in [3.05, 3.63) is 64.0 Å². The summed E-state index contributed by atoms with van der Waals surface area (Å²) >= 11 is 0. The zero-order chi connectivity index (χ0) is 16.3.